The van der Waals surface area contributed by atoms with Crippen molar-refractivity contribution in [1.29, 1.82) is 5.26 Å². The molecule has 0 fully saturated rings. The van der Waals surface area contributed by atoms with E-state index in [1.807, 2.05) is 0 Å². The summed E-state index contributed by atoms with van der Waals surface area (Å²) in [4.78, 5) is 16.4. The van der Waals surface area contributed by atoms with E-state index in [1.54, 1.807) is 18.9 Å². The van der Waals surface area contributed by atoms with Gasteiger partial charge in [-0.15, -0.1) is 0 Å². The SMILES string of the molecule is CC(C#N)CN(C)c1nc(C(=O)O)ccc1N. The van der Waals surface area contributed by atoms with Gasteiger partial charge in [-0.2, -0.15) is 5.26 Å². The Hall–Kier alpha value is -2.29. The highest BCUT2D eigenvalue weighted by Gasteiger charge is 2.13. The number of nitrogens with zero attached hydrogens (tertiary/aromatic N) is 3. The lowest BCUT2D eigenvalue weighted by Crippen LogP contribution is -2.25. The van der Waals surface area contributed by atoms with Gasteiger partial charge >= 0.3 is 5.97 Å². The Balaban J connectivity index is 3.00. The molecule has 0 saturated carbocycles. The molecule has 0 spiro atoms. The lowest BCUT2D eigenvalue weighted by molar-refractivity contribution is 0.0690. The van der Waals surface area contributed by atoms with Crippen molar-refractivity contribution in [3.8, 4) is 6.07 Å². The van der Waals surface area contributed by atoms with Gasteiger partial charge in [0.25, 0.3) is 0 Å². The normalized spacial score (nSPS) is 11.6. The molecule has 1 rings (SSSR count). The number of carbonyl (C=O) groups is 1. The molecule has 0 aliphatic rings. The topological polar surface area (TPSA) is 103 Å². The third-order valence-electron chi connectivity index (χ3n) is 2.25. The van der Waals surface area contributed by atoms with Crippen LogP contribution in [0.5, 0.6) is 0 Å². The van der Waals surface area contributed by atoms with Gasteiger partial charge in [-0.1, -0.05) is 0 Å². The summed E-state index contributed by atoms with van der Waals surface area (Å²) in [5, 5.41) is 17.6. The molecule has 0 bridgehead atoms. The quantitative estimate of drug-likeness (QED) is 0.804. The summed E-state index contributed by atoms with van der Waals surface area (Å²) >= 11 is 0. The second-order valence-corrected chi connectivity index (χ2v) is 3.83. The summed E-state index contributed by atoms with van der Waals surface area (Å²) in [5.41, 5.74) is 6.05. The first-order valence-corrected chi connectivity index (χ1v) is 5.06. The monoisotopic (exact) mass is 234 g/mol. The van der Waals surface area contributed by atoms with Gasteiger partial charge in [0.05, 0.1) is 17.7 Å². The Morgan fingerprint density at radius 2 is 2.35 bits per heavy atom. The van der Waals surface area contributed by atoms with Gasteiger partial charge in [0, 0.05) is 13.6 Å². The second kappa shape index (κ2) is 5.16. The first kappa shape index (κ1) is 12.8. The summed E-state index contributed by atoms with van der Waals surface area (Å²) < 4.78 is 0. The molecule has 90 valence electrons. The van der Waals surface area contributed by atoms with Crippen molar-refractivity contribution in [1.82, 2.24) is 4.98 Å². The number of nitrogens with two attached hydrogens (primary N) is 1. The van der Waals surface area contributed by atoms with E-state index in [0.717, 1.165) is 0 Å². The number of carboxylic acids is 1. The molecular weight excluding hydrogens is 220 g/mol. The van der Waals surface area contributed by atoms with Crippen LogP contribution in [-0.4, -0.2) is 29.7 Å². The average Bonchev–Trinajstić information content (AvgIpc) is 2.28. The molecule has 1 atom stereocenters. The molecule has 1 unspecified atom stereocenters. The van der Waals surface area contributed by atoms with Crippen LogP contribution < -0.4 is 10.6 Å². The van der Waals surface area contributed by atoms with Crippen LogP contribution in [0.25, 0.3) is 0 Å². The molecule has 0 aromatic carbocycles. The van der Waals surface area contributed by atoms with Crippen molar-refractivity contribution < 1.29 is 9.90 Å². The number of nitrogen functional groups attached to an aromatic ring is 1. The van der Waals surface area contributed by atoms with E-state index in [4.69, 9.17) is 16.1 Å². The van der Waals surface area contributed by atoms with Gasteiger partial charge in [0.1, 0.15) is 0 Å². The van der Waals surface area contributed by atoms with Crippen LogP contribution >= 0.6 is 0 Å². The summed E-state index contributed by atoms with van der Waals surface area (Å²) in [6.45, 7) is 2.21. The van der Waals surface area contributed by atoms with E-state index in [0.29, 0.717) is 18.1 Å². The minimum atomic E-state index is -1.10. The maximum Gasteiger partial charge on any atom is 0.354 e. The van der Waals surface area contributed by atoms with Crippen LogP contribution in [0.4, 0.5) is 11.5 Å². The fourth-order valence-corrected chi connectivity index (χ4v) is 1.42. The lowest BCUT2D eigenvalue weighted by Gasteiger charge is -2.21. The van der Waals surface area contributed by atoms with Crippen molar-refractivity contribution in [2.24, 2.45) is 5.92 Å². The Morgan fingerprint density at radius 1 is 1.71 bits per heavy atom. The van der Waals surface area contributed by atoms with Crippen LogP contribution in [0.15, 0.2) is 12.1 Å². The highest BCUT2D eigenvalue weighted by atomic mass is 16.4. The van der Waals surface area contributed by atoms with E-state index in [9.17, 15) is 4.79 Å². The summed E-state index contributed by atoms with van der Waals surface area (Å²) in [7, 11) is 1.72. The number of pyridine rings is 1. The maximum atomic E-state index is 10.8. The number of hydrogen-bond acceptors (Lipinski definition) is 5. The number of rotatable bonds is 4. The molecule has 1 aromatic heterocycles. The minimum absolute atomic E-state index is 0.0642. The van der Waals surface area contributed by atoms with Crippen LogP contribution in [0, 0.1) is 17.2 Å². The summed E-state index contributed by atoms with van der Waals surface area (Å²) in [6.07, 6.45) is 0. The second-order valence-electron chi connectivity index (χ2n) is 3.83. The largest absolute Gasteiger partial charge is 0.477 e. The van der Waals surface area contributed by atoms with Gasteiger partial charge in [0.2, 0.25) is 0 Å². The molecule has 6 heteroatoms. The molecule has 0 aliphatic carbocycles. The van der Waals surface area contributed by atoms with Gasteiger partial charge in [0.15, 0.2) is 11.5 Å². The summed E-state index contributed by atoms with van der Waals surface area (Å²) in [6, 6.07) is 4.95. The number of aromatic carboxylic acids is 1. The van der Waals surface area contributed by atoms with Crippen molar-refractivity contribution in [3.63, 3.8) is 0 Å². The van der Waals surface area contributed by atoms with Gasteiger partial charge in [-0.25, -0.2) is 9.78 Å². The van der Waals surface area contributed by atoms with E-state index in [2.05, 4.69) is 11.1 Å². The molecule has 0 saturated heterocycles. The first-order chi connectivity index (χ1) is 7.95. The number of aromatic nitrogens is 1. The van der Waals surface area contributed by atoms with Crippen LogP contribution in [0.2, 0.25) is 0 Å². The van der Waals surface area contributed by atoms with Crippen molar-refractivity contribution in [2.75, 3.05) is 24.2 Å². The lowest BCUT2D eigenvalue weighted by atomic mass is 10.2. The van der Waals surface area contributed by atoms with E-state index >= 15 is 0 Å². The molecule has 17 heavy (non-hydrogen) atoms. The van der Waals surface area contributed by atoms with Gasteiger partial charge in [-0.05, 0) is 19.1 Å². The first-order valence-electron chi connectivity index (χ1n) is 5.06. The standard InChI is InChI=1S/C11H14N4O2/c1-7(5-12)6-15(2)10-8(13)3-4-9(14-10)11(16)17/h3-4,7H,6,13H2,1-2H3,(H,16,17). The highest BCUT2D eigenvalue weighted by Crippen LogP contribution is 2.20. The average molecular weight is 234 g/mol. The van der Waals surface area contributed by atoms with Gasteiger partial charge < -0.3 is 15.7 Å². The minimum Gasteiger partial charge on any atom is -0.477 e. The van der Waals surface area contributed by atoms with E-state index in [1.165, 1.54) is 12.1 Å². The zero-order valence-electron chi connectivity index (χ0n) is 9.71. The molecule has 1 aromatic rings. The Morgan fingerprint density at radius 3 is 2.88 bits per heavy atom. The predicted octanol–water partition coefficient (Wildman–Crippen LogP) is 0.958. The van der Waals surface area contributed by atoms with Crippen molar-refractivity contribution in [2.45, 2.75) is 6.92 Å². The molecule has 1 heterocycles. The van der Waals surface area contributed by atoms with Crippen LogP contribution in [0.3, 0.4) is 0 Å². The third-order valence-corrected chi connectivity index (χ3v) is 2.25. The molecule has 3 N–H and O–H groups in total. The smallest absolute Gasteiger partial charge is 0.354 e. The molecule has 0 radical (unpaired) electrons. The molecular formula is C11H14N4O2. The zero-order chi connectivity index (χ0) is 13.0. The maximum absolute atomic E-state index is 10.8. The Kier molecular flexibility index (Phi) is 3.88. The zero-order valence-corrected chi connectivity index (χ0v) is 9.71. The third kappa shape index (κ3) is 3.08. The molecule has 6 nitrogen and oxygen atoms in total. The number of carboxylic acid groups (broad SMARTS) is 1. The fraction of sp³-hybridized carbons (Fsp3) is 0.364. The number of anilines is 2. The van der Waals surface area contributed by atoms with E-state index in [-0.39, 0.29) is 11.6 Å². The predicted molar refractivity (Wildman–Crippen MR) is 63.7 cm³/mol. The number of nitriles is 1. The number of hydrogen-bond donors (Lipinski definition) is 2. The summed E-state index contributed by atoms with van der Waals surface area (Å²) in [5.74, 6) is -0.908. The molecule has 0 aliphatic heterocycles. The molecule has 0 amide bonds. The highest BCUT2D eigenvalue weighted by molar-refractivity contribution is 5.86. The van der Waals surface area contributed by atoms with Crippen molar-refractivity contribution >= 4 is 17.5 Å². The van der Waals surface area contributed by atoms with Gasteiger partial charge in [-0.3, -0.25) is 0 Å². The Bertz CT molecular complexity index is 467. The van der Waals surface area contributed by atoms with Crippen molar-refractivity contribution in [3.05, 3.63) is 17.8 Å². The van der Waals surface area contributed by atoms with Crippen LogP contribution in [0.1, 0.15) is 17.4 Å². The fourth-order valence-electron chi connectivity index (χ4n) is 1.42. The van der Waals surface area contributed by atoms with Crippen LogP contribution in [-0.2, 0) is 0 Å². The van der Waals surface area contributed by atoms with E-state index < -0.39 is 5.97 Å². The Labute approximate surface area is 99.3 Å².